The van der Waals surface area contributed by atoms with Crippen molar-refractivity contribution in [3.05, 3.63) is 90.5 Å². The Morgan fingerprint density at radius 1 is 0.812 bits per heavy atom. The van der Waals surface area contributed by atoms with Gasteiger partial charge in [0.2, 0.25) is 11.8 Å². The van der Waals surface area contributed by atoms with Crippen LogP contribution >= 0.6 is 0 Å². The summed E-state index contributed by atoms with van der Waals surface area (Å²) in [5.74, 6) is -0.369. The fourth-order valence-electron chi connectivity index (χ4n) is 3.27. The highest BCUT2D eigenvalue weighted by molar-refractivity contribution is 6.02. The molecule has 1 aliphatic rings. The molecule has 2 amide bonds. The molecule has 1 heterocycles. The van der Waals surface area contributed by atoms with Gasteiger partial charge in [-0.05, 0) is 42.0 Å². The topological polar surface area (TPSA) is 86.5 Å². The monoisotopic (exact) mass is 425 g/mol. The molecule has 0 unspecified atom stereocenters. The summed E-state index contributed by atoms with van der Waals surface area (Å²) < 4.78 is 0. The van der Waals surface area contributed by atoms with Gasteiger partial charge in [-0.3, -0.25) is 9.59 Å². The number of nitrogens with one attached hydrogen (secondary N) is 1. The number of benzene rings is 3. The van der Waals surface area contributed by atoms with Crippen LogP contribution in [0.5, 0.6) is 0 Å². The van der Waals surface area contributed by atoms with Crippen LogP contribution in [0, 0.1) is 0 Å². The molecular weight excluding hydrogens is 402 g/mol. The number of carbonyl (C=O) groups is 2. The van der Waals surface area contributed by atoms with Crippen molar-refractivity contribution in [2.45, 2.75) is 19.3 Å². The Kier molecular flexibility index (Phi) is 6.77. The molecular formula is C25H23N5O2. The van der Waals surface area contributed by atoms with Crippen molar-refractivity contribution in [1.29, 1.82) is 0 Å². The first-order valence-electron chi connectivity index (χ1n) is 10.5. The number of carbonyl (C=O) groups excluding carboxylic acids is 2. The first kappa shape index (κ1) is 21.1. The molecule has 0 spiro atoms. The largest absolute Gasteiger partial charge is 0.326 e. The molecule has 3 aromatic rings. The van der Waals surface area contributed by atoms with E-state index in [1.165, 1.54) is 5.01 Å². The SMILES string of the molecule is O=C(CCC(=O)N1CCC(c2ccccc2)=N1)Nc1ccc(N=Nc2ccccc2)cc1. The van der Waals surface area contributed by atoms with Crippen molar-refractivity contribution < 1.29 is 9.59 Å². The highest BCUT2D eigenvalue weighted by Gasteiger charge is 2.21. The minimum absolute atomic E-state index is 0.0982. The molecule has 0 saturated heterocycles. The number of hydrogen-bond acceptors (Lipinski definition) is 5. The molecule has 0 fully saturated rings. The normalized spacial score (nSPS) is 13.2. The van der Waals surface area contributed by atoms with Gasteiger partial charge < -0.3 is 5.32 Å². The number of hydrogen-bond donors (Lipinski definition) is 1. The van der Waals surface area contributed by atoms with Crippen molar-refractivity contribution in [2.75, 3.05) is 11.9 Å². The lowest BCUT2D eigenvalue weighted by Gasteiger charge is -2.11. The average Bonchev–Trinajstić information content (AvgIpc) is 3.34. The van der Waals surface area contributed by atoms with E-state index >= 15 is 0 Å². The van der Waals surface area contributed by atoms with Gasteiger partial charge in [0.05, 0.1) is 23.6 Å². The van der Waals surface area contributed by atoms with Gasteiger partial charge in [0.25, 0.3) is 0 Å². The molecule has 7 heteroatoms. The van der Waals surface area contributed by atoms with E-state index in [2.05, 4.69) is 20.6 Å². The van der Waals surface area contributed by atoms with Gasteiger partial charge in [0.1, 0.15) is 0 Å². The smallest absolute Gasteiger partial charge is 0.243 e. The molecule has 0 bridgehead atoms. The third-order valence-corrected chi connectivity index (χ3v) is 4.95. The lowest BCUT2D eigenvalue weighted by Crippen LogP contribution is -2.24. The molecule has 160 valence electrons. The summed E-state index contributed by atoms with van der Waals surface area (Å²) in [6.07, 6.45) is 0.928. The number of amides is 2. The van der Waals surface area contributed by atoms with E-state index in [1.54, 1.807) is 24.3 Å². The zero-order valence-electron chi connectivity index (χ0n) is 17.5. The molecule has 0 atom stereocenters. The zero-order valence-corrected chi connectivity index (χ0v) is 17.5. The summed E-state index contributed by atoms with van der Waals surface area (Å²) in [6.45, 7) is 0.545. The van der Waals surface area contributed by atoms with Crippen molar-refractivity contribution in [3.8, 4) is 0 Å². The second-order valence-corrected chi connectivity index (χ2v) is 7.31. The van der Waals surface area contributed by atoms with Gasteiger partial charge in [-0.15, -0.1) is 0 Å². The van der Waals surface area contributed by atoms with E-state index in [-0.39, 0.29) is 24.7 Å². The summed E-state index contributed by atoms with van der Waals surface area (Å²) in [5.41, 5.74) is 4.02. The van der Waals surface area contributed by atoms with Crippen molar-refractivity contribution in [2.24, 2.45) is 15.3 Å². The second-order valence-electron chi connectivity index (χ2n) is 7.31. The van der Waals surface area contributed by atoms with Crippen molar-refractivity contribution >= 4 is 34.6 Å². The Labute approximate surface area is 186 Å². The van der Waals surface area contributed by atoms with Gasteiger partial charge in [-0.2, -0.15) is 15.3 Å². The van der Waals surface area contributed by atoms with Gasteiger partial charge in [0.15, 0.2) is 0 Å². The van der Waals surface area contributed by atoms with Gasteiger partial charge in [0, 0.05) is 24.9 Å². The third kappa shape index (κ3) is 5.72. The molecule has 32 heavy (non-hydrogen) atoms. The maximum absolute atomic E-state index is 12.4. The molecule has 3 aromatic carbocycles. The minimum Gasteiger partial charge on any atom is -0.326 e. The summed E-state index contributed by atoms with van der Waals surface area (Å²) >= 11 is 0. The maximum atomic E-state index is 12.4. The van der Waals surface area contributed by atoms with Crippen molar-refractivity contribution in [1.82, 2.24) is 5.01 Å². The maximum Gasteiger partial charge on any atom is 0.243 e. The Bertz CT molecular complexity index is 1130. The first-order chi connectivity index (χ1) is 15.7. The van der Waals surface area contributed by atoms with Crippen LogP contribution in [-0.4, -0.2) is 29.1 Å². The fourth-order valence-corrected chi connectivity index (χ4v) is 3.27. The van der Waals surface area contributed by atoms with Crippen LogP contribution < -0.4 is 5.32 Å². The average molecular weight is 425 g/mol. The van der Waals surface area contributed by atoms with E-state index in [9.17, 15) is 9.59 Å². The van der Waals surface area contributed by atoms with Crippen molar-refractivity contribution in [3.63, 3.8) is 0 Å². The Morgan fingerprint density at radius 3 is 2.12 bits per heavy atom. The Morgan fingerprint density at radius 2 is 1.44 bits per heavy atom. The number of rotatable bonds is 7. The van der Waals surface area contributed by atoms with Crippen LogP contribution in [-0.2, 0) is 9.59 Å². The van der Waals surface area contributed by atoms with E-state index < -0.39 is 0 Å². The number of nitrogens with zero attached hydrogens (tertiary/aromatic N) is 4. The summed E-state index contributed by atoms with van der Waals surface area (Å²) in [4.78, 5) is 24.7. The van der Waals surface area contributed by atoms with Crippen LogP contribution in [0.3, 0.4) is 0 Å². The lowest BCUT2D eigenvalue weighted by molar-refractivity contribution is -0.132. The fraction of sp³-hybridized carbons (Fsp3) is 0.160. The molecule has 0 saturated carbocycles. The Balaban J connectivity index is 1.25. The number of hydrazone groups is 1. The van der Waals surface area contributed by atoms with Gasteiger partial charge in [-0.25, -0.2) is 5.01 Å². The predicted octanol–water partition coefficient (Wildman–Crippen LogP) is 5.46. The van der Waals surface area contributed by atoms with E-state index in [0.717, 1.165) is 23.4 Å². The van der Waals surface area contributed by atoms with Gasteiger partial charge >= 0.3 is 0 Å². The standard InChI is InChI=1S/C25H23N5O2/c31-24(15-16-25(32)30-18-17-23(29-30)19-7-3-1-4-8-19)26-20-11-13-22(14-12-20)28-27-21-9-5-2-6-10-21/h1-14H,15-18H2,(H,26,31). The van der Waals surface area contributed by atoms with E-state index in [1.807, 2.05) is 60.7 Å². The lowest BCUT2D eigenvalue weighted by atomic mass is 10.1. The number of azo groups is 1. The quantitative estimate of drug-likeness (QED) is 0.510. The predicted molar refractivity (Wildman–Crippen MR) is 124 cm³/mol. The van der Waals surface area contributed by atoms with Crippen LogP contribution in [0.15, 0.2) is 100 Å². The van der Waals surface area contributed by atoms with Crippen LogP contribution in [0.4, 0.5) is 17.1 Å². The molecule has 0 aromatic heterocycles. The molecule has 4 rings (SSSR count). The molecule has 0 radical (unpaired) electrons. The molecule has 7 nitrogen and oxygen atoms in total. The number of anilines is 1. The first-order valence-corrected chi connectivity index (χ1v) is 10.5. The summed E-state index contributed by atoms with van der Waals surface area (Å²) in [6, 6.07) is 26.3. The molecule has 1 aliphatic heterocycles. The van der Waals surface area contributed by atoms with E-state index in [0.29, 0.717) is 17.9 Å². The van der Waals surface area contributed by atoms with Crippen LogP contribution in [0.1, 0.15) is 24.8 Å². The summed E-state index contributed by atoms with van der Waals surface area (Å²) in [5, 5.41) is 17.0. The highest BCUT2D eigenvalue weighted by Crippen LogP contribution is 2.20. The molecule has 1 N–H and O–H groups in total. The zero-order chi connectivity index (χ0) is 22.2. The summed E-state index contributed by atoms with van der Waals surface area (Å²) in [7, 11) is 0. The van der Waals surface area contributed by atoms with Crippen LogP contribution in [0.2, 0.25) is 0 Å². The third-order valence-electron chi connectivity index (χ3n) is 4.95. The van der Waals surface area contributed by atoms with Gasteiger partial charge in [-0.1, -0.05) is 48.5 Å². The minimum atomic E-state index is -0.219. The van der Waals surface area contributed by atoms with E-state index in [4.69, 9.17) is 0 Å². The van der Waals surface area contributed by atoms with Crippen LogP contribution in [0.25, 0.3) is 0 Å². The highest BCUT2D eigenvalue weighted by atomic mass is 16.2. The Hall–Kier alpha value is -4.13. The molecule has 0 aliphatic carbocycles. The second kappa shape index (κ2) is 10.3.